The third-order valence-electron chi connectivity index (χ3n) is 4.47. The van der Waals surface area contributed by atoms with E-state index >= 15 is 0 Å². The largest absolute Gasteiger partial charge is 0.465 e. The van der Waals surface area contributed by atoms with Crippen LogP contribution in [0.25, 0.3) is 10.6 Å². The lowest BCUT2D eigenvalue weighted by atomic mass is 10.0. The van der Waals surface area contributed by atoms with Crippen molar-refractivity contribution in [3.8, 4) is 10.6 Å². The number of carboxylic acid groups (broad SMARTS) is 1. The quantitative estimate of drug-likeness (QED) is 0.848. The summed E-state index contributed by atoms with van der Waals surface area (Å²) in [5, 5.41) is 13.3. The van der Waals surface area contributed by atoms with Crippen LogP contribution in [-0.2, 0) is 0 Å². The Hall–Kier alpha value is -1.51. The SMILES string of the molecule is Nc1nc(-c2cc(Cl)cs2)c(N2CC3CN(C(=O)O)CC3C2)s1. The van der Waals surface area contributed by atoms with Gasteiger partial charge in [0, 0.05) is 43.4 Å². The molecular weight excluding hydrogens is 356 g/mol. The molecule has 0 radical (unpaired) electrons. The molecule has 6 nitrogen and oxygen atoms in total. The summed E-state index contributed by atoms with van der Waals surface area (Å²) in [5.74, 6) is 0.767. The molecule has 0 aromatic carbocycles. The molecular formula is C14H15ClN4O2S2. The van der Waals surface area contributed by atoms with Gasteiger partial charge in [0.2, 0.25) is 0 Å². The number of amides is 1. The lowest BCUT2D eigenvalue weighted by Crippen LogP contribution is -2.32. The fourth-order valence-corrected chi connectivity index (χ4v) is 5.45. The maximum absolute atomic E-state index is 11.1. The van der Waals surface area contributed by atoms with Crippen LogP contribution in [0.5, 0.6) is 0 Å². The fourth-order valence-electron chi connectivity index (χ4n) is 3.46. The van der Waals surface area contributed by atoms with Crippen molar-refractivity contribution in [1.82, 2.24) is 9.88 Å². The molecule has 2 aromatic rings. The van der Waals surface area contributed by atoms with E-state index in [9.17, 15) is 4.79 Å². The van der Waals surface area contributed by atoms with Crippen molar-refractivity contribution in [1.29, 1.82) is 0 Å². The number of hydrogen-bond donors (Lipinski definition) is 2. The number of fused-ring (bicyclic) bond motifs is 1. The Kier molecular flexibility index (Phi) is 3.62. The minimum Gasteiger partial charge on any atom is -0.465 e. The Morgan fingerprint density at radius 3 is 2.61 bits per heavy atom. The van der Waals surface area contributed by atoms with Gasteiger partial charge in [-0.3, -0.25) is 0 Å². The standard InChI is InChI=1S/C14H15ClN4O2S2/c15-9-1-10(22-6-9)11-12(23-13(16)17-11)18-2-7-4-19(14(20)21)5-8(7)3-18/h1,6-8H,2-5H2,(H2,16,17)(H,20,21). The molecule has 2 aliphatic heterocycles. The van der Waals surface area contributed by atoms with Crippen molar-refractivity contribution in [2.24, 2.45) is 11.8 Å². The number of nitrogen functional groups attached to an aromatic ring is 1. The predicted molar refractivity (Wildman–Crippen MR) is 93.6 cm³/mol. The number of carbonyl (C=O) groups is 1. The lowest BCUT2D eigenvalue weighted by Gasteiger charge is -2.21. The molecule has 2 atom stereocenters. The van der Waals surface area contributed by atoms with Crippen LogP contribution in [0, 0.1) is 11.8 Å². The van der Waals surface area contributed by atoms with Crippen molar-refractivity contribution in [2.45, 2.75) is 0 Å². The highest BCUT2D eigenvalue weighted by Gasteiger charge is 2.42. The Morgan fingerprint density at radius 1 is 1.35 bits per heavy atom. The second-order valence-corrected chi connectivity index (χ2v) is 8.30. The van der Waals surface area contributed by atoms with Gasteiger partial charge in [0.15, 0.2) is 5.13 Å². The lowest BCUT2D eigenvalue weighted by molar-refractivity contribution is 0.153. The number of thiazole rings is 1. The van der Waals surface area contributed by atoms with Gasteiger partial charge in [-0.1, -0.05) is 22.9 Å². The molecule has 9 heteroatoms. The number of nitrogens with zero attached hydrogens (tertiary/aromatic N) is 3. The van der Waals surface area contributed by atoms with Crippen molar-refractivity contribution < 1.29 is 9.90 Å². The zero-order valence-corrected chi connectivity index (χ0v) is 14.5. The number of thiophene rings is 1. The van der Waals surface area contributed by atoms with Crippen molar-refractivity contribution >= 4 is 50.5 Å². The van der Waals surface area contributed by atoms with E-state index in [1.165, 1.54) is 16.2 Å². The average molecular weight is 371 g/mol. The molecule has 1 amide bonds. The molecule has 122 valence electrons. The maximum Gasteiger partial charge on any atom is 0.407 e. The number of rotatable bonds is 2. The van der Waals surface area contributed by atoms with E-state index in [2.05, 4.69) is 9.88 Å². The molecule has 23 heavy (non-hydrogen) atoms. The van der Waals surface area contributed by atoms with Crippen molar-refractivity contribution in [3.63, 3.8) is 0 Å². The van der Waals surface area contributed by atoms with Crippen LogP contribution in [0.3, 0.4) is 0 Å². The average Bonchev–Trinajstić information content (AvgIpc) is 3.19. The molecule has 0 bridgehead atoms. The summed E-state index contributed by atoms with van der Waals surface area (Å²) in [6, 6.07) is 1.91. The normalized spacial score (nSPS) is 23.5. The summed E-state index contributed by atoms with van der Waals surface area (Å²) in [7, 11) is 0. The molecule has 2 fully saturated rings. The van der Waals surface area contributed by atoms with Crippen LogP contribution >= 0.6 is 34.3 Å². The van der Waals surface area contributed by atoms with Crippen LogP contribution in [0.15, 0.2) is 11.4 Å². The van der Waals surface area contributed by atoms with Gasteiger partial charge in [0.25, 0.3) is 0 Å². The number of likely N-dealkylation sites (tertiary alicyclic amines) is 1. The summed E-state index contributed by atoms with van der Waals surface area (Å²) in [6.45, 7) is 2.93. The van der Waals surface area contributed by atoms with Crippen LogP contribution < -0.4 is 10.6 Å². The molecule has 0 aliphatic carbocycles. The van der Waals surface area contributed by atoms with Gasteiger partial charge in [-0.25, -0.2) is 9.78 Å². The second-order valence-electron chi connectivity index (χ2n) is 5.95. The van der Waals surface area contributed by atoms with E-state index in [1.807, 2.05) is 11.4 Å². The van der Waals surface area contributed by atoms with Gasteiger partial charge in [-0.2, -0.15) is 0 Å². The van der Waals surface area contributed by atoms with Crippen molar-refractivity contribution in [2.75, 3.05) is 36.8 Å². The van der Waals surface area contributed by atoms with E-state index in [0.29, 0.717) is 35.1 Å². The number of hydrogen-bond acceptors (Lipinski definition) is 6. The van der Waals surface area contributed by atoms with Gasteiger partial charge in [0.1, 0.15) is 10.7 Å². The maximum atomic E-state index is 11.1. The van der Waals surface area contributed by atoms with E-state index in [0.717, 1.165) is 28.7 Å². The van der Waals surface area contributed by atoms with Crippen LogP contribution in [-0.4, -0.2) is 47.3 Å². The summed E-state index contributed by atoms with van der Waals surface area (Å²) >= 11 is 9.08. The van der Waals surface area contributed by atoms with Gasteiger partial charge in [0.05, 0.1) is 9.90 Å². The minimum atomic E-state index is -0.818. The fraction of sp³-hybridized carbons (Fsp3) is 0.429. The zero-order chi connectivity index (χ0) is 16.1. The summed E-state index contributed by atoms with van der Waals surface area (Å²) in [4.78, 5) is 20.4. The Labute approximate surface area is 146 Å². The summed E-state index contributed by atoms with van der Waals surface area (Å²) in [5.41, 5.74) is 6.82. The number of halogens is 1. The second kappa shape index (κ2) is 5.54. The number of anilines is 2. The Bertz CT molecular complexity index is 748. The summed E-state index contributed by atoms with van der Waals surface area (Å²) in [6.07, 6.45) is -0.818. The molecule has 2 unspecified atom stereocenters. The van der Waals surface area contributed by atoms with E-state index < -0.39 is 6.09 Å². The third kappa shape index (κ3) is 2.64. The molecule has 3 N–H and O–H groups in total. The monoisotopic (exact) mass is 370 g/mol. The van der Waals surface area contributed by atoms with Crippen LogP contribution in [0.1, 0.15) is 0 Å². The highest BCUT2D eigenvalue weighted by atomic mass is 35.5. The third-order valence-corrected chi connectivity index (χ3v) is 6.70. The molecule has 4 heterocycles. The molecule has 0 saturated carbocycles. The van der Waals surface area contributed by atoms with Crippen molar-refractivity contribution in [3.05, 3.63) is 16.5 Å². The Morgan fingerprint density at radius 2 is 2.04 bits per heavy atom. The Balaban J connectivity index is 1.58. The van der Waals surface area contributed by atoms with E-state index in [-0.39, 0.29) is 0 Å². The highest BCUT2D eigenvalue weighted by molar-refractivity contribution is 7.20. The molecule has 2 aromatic heterocycles. The predicted octanol–water partition coefficient (Wildman–Crippen LogP) is 3.15. The van der Waals surface area contributed by atoms with Gasteiger partial charge < -0.3 is 20.6 Å². The molecule has 0 spiro atoms. The van der Waals surface area contributed by atoms with Crippen LogP contribution in [0.4, 0.5) is 14.9 Å². The van der Waals surface area contributed by atoms with Gasteiger partial charge >= 0.3 is 6.09 Å². The zero-order valence-electron chi connectivity index (χ0n) is 12.1. The smallest absolute Gasteiger partial charge is 0.407 e. The first-order valence-corrected chi connectivity index (χ1v) is 9.32. The highest BCUT2D eigenvalue weighted by Crippen LogP contribution is 2.44. The van der Waals surface area contributed by atoms with E-state index in [4.69, 9.17) is 22.4 Å². The molecule has 2 aliphatic rings. The van der Waals surface area contributed by atoms with Gasteiger partial charge in [-0.15, -0.1) is 11.3 Å². The molecule has 2 saturated heterocycles. The first-order valence-electron chi connectivity index (χ1n) is 7.25. The van der Waals surface area contributed by atoms with E-state index in [1.54, 1.807) is 11.3 Å². The topological polar surface area (TPSA) is 82.7 Å². The first kappa shape index (κ1) is 15.0. The van der Waals surface area contributed by atoms with Crippen LogP contribution in [0.2, 0.25) is 5.02 Å². The minimum absolute atomic E-state index is 0.384. The van der Waals surface area contributed by atoms with Gasteiger partial charge in [-0.05, 0) is 6.07 Å². The number of aromatic nitrogens is 1. The number of nitrogens with two attached hydrogens (primary N) is 1. The first-order chi connectivity index (χ1) is 11.0. The molecule has 4 rings (SSSR count). The summed E-state index contributed by atoms with van der Waals surface area (Å²) < 4.78 is 0.